The minimum Gasteiger partial charge on any atom is -0.351 e. The van der Waals surface area contributed by atoms with Gasteiger partial charge in [0.2, 0.25) is 11.8 Å². The largest absolute Gasteiger partial charge is 0.351 e. The fourth-order valence-corrected chi connectivity index (χ4v) is 2.59. The van der Waals surface area contributed by atoms with E-state index < -0.39 is 16.5 Å². The van der Waals surface area contributed by atoms with Crippen LogP contribution in [0.15, 0.2) is 0 Å². The SMILES string of the molecule is CC(=O)NC(C)(C)CC(C)(C)NC(=O)CCC(C)(C)C#N. The molecule has 5 nitrogen and oxygen atoms in total. The molecule has 0 atom stereocenters. The average Bonchev–Trinajstić information content (AvgIpc) is 2.22. The smallest absolute Gasteiger partial charge is 0.220 e. The van der Waals surface area contributed by atoms with Crippen LogP contribution in [0.3, 0.4) is 0 Å². The van der Waals surface area contributed by atoms with E-state index in [2.05, 4.69) is 16.7 Å². The van der Waals surface area contributed by atoms with E-state index in [9.17, 15) is 9.59 Å². The lowest BCUT2D eigenvalue weighted by Gasteiger charge is -2.36. The molecule has 0 radical (unpaired) electrons. The molecule has 0 aliphatic heterocycles. The predicted octanol–water partition coefficient (Wildman–Crippen LogP) is 2.52. The summed E-state index contributed by atoms with van der Waals surface area (Å²) in [5.74, 6) is -0.153. The second-order valence-electron chi connectivity index (χ2n) is 7.67. The Balaban J connectivity index is 4.50. The maximum atomic E-state index is 12.0. The Kier molecular flexibility index (Phi) is 6.41. The van der Waals surface area contributed by atoms with Crippen LogP contribution in [0.5, 0.6) is 0 Å². The maximum absolute atomic E-state index is 12.0. The van der Waals surface area contributed by atoms with Crippen LogP contribution in [-0.2, 0) is 9.59 Å². The van der Waals surface area contributed by atoms with Crippen molar-refractivity contribution in [2.45, 2.75) is 78.8 Å². The summed E-state index contributed by atoms with van der Waals surface area (Å²) in [6.07, 6.45) is 1.47. The third kappa shape index (κ3) is 9.06. The fourth-order valence-electron chi connectivity index (χ4n) is 2.59. The van der Waals surface area contributed by atoms with Gasteiger partial charge in [-0.05, 0) is 54.4 Å². The van der Waals surface area contributed by atoms with Gasteiger partial charge < -0.3 is 10.6 Å². The third-order valence-electron chi connectivity index (χ3n) is 3.16. The van der Waals surface area contributed by atoms with E-state index in [4.69, 9.17) is 5.26 Å². The Hall–Kier alpha value is -1.57. The van der Waals surface area contributed by atoms with Crippen LogP contribution in [-0.4, -0.2) is 22.9 Å². The Morgan fingerprint density at radius 1 is 1.00 bits per heavy atom. The first-order valence-electron chi connectivity index (χ1n) is 7.30. The highest BCUT2D eigenvalue weighted by molar-refractivity contribution is 5.77. The van der Waals surface area contributed by atoms with Gasteiger partial charge in [-0.25, -0.2) is 0 Å². The zero-order chi connectivity index (χ0) is 16.9. The summed E-state index contributed by atoms with van der Waals surface area (Å²) in [7, 11) is 0. The summed E-state index contributed by atoms with van der Waals surface area (Å²) in [6, 6.07) is 2.19. The molecule has 0 heterocycles. The van der Waals surface area contributed by atoms with Crippen molar-refractivity contribution in [1.29, 1.82) is 5.26 Å². The highest BCUT2D eigenvalue weighted by atomic mass is 16.2. The predicted molar refractivity (Wildman–Crippen MR) is 83.4 cm³/mol. The molecule has 0 aromatic carbocycles. The van der Waals surface area contributed by atoms with Crippen molar-refractivity contribution in [2.24, 2.45) is 5.41 Å². The fraction of sp³-hybridized carbons (Fsp3) is 0.812. The van der Waals surface area contributed by atoms with Gasteiger partial charge in [-0.3, -0.25) is 9.59 Å². The molecule has 0 rings (SSSR count). The summed E-state index contributed by atoms with van der Waals surface area (Å²) < 4.78 is 0. The van der Waals surface area contributed by atoms with E-state index in [0.29, 0.717) is 19.3 Å². The van der Waals surface area contributed by atoms with Gasteiger partial charge in [0, 0.05) is 24.4 Å². The van der Waals surface area contributed by atoms with Crippen LogP contribution < -0.4 is 10.6 Å². The molecule has 0 spiro atoms. The van der Waals surface area contributed by atoms with Gasteiger partial charge in [0.25, 0.3) is 0 Å². The van der Waals surface area contributed by atoms with Crippen molar-refractivity contribution in [2.75, 3.05) is 0 Å². The maximum Gasteiger partial charge on any atom is 0.220 e. The van der Waals surface area contributed by atoms with Crippen molar-refractivity contribution in [1.82, 2.24) is 10.6 Å². The number of nitrogens with one attached hydrogen (secondary N) is 2. The number of rotatable bonds is 7. The van der Waals surface area contributed by atoms with Crippen molar-refractivity contribution >= 4 is 11.8 Å². The Morgan fingerprint density at radius 3 is 1.90 bits per heavy atom. The van der Waals surface area contributed by atoms with Crippen molar-refractivity contribution in [3.63, 3.8) is 0 Å². The molecule has 2 amide bonds. The van der Waals surface area contributed by atoms with E-state index in [0.717, 1.165) is 0 Å². The molecule has 0 saturated carbocycles. The molecule has 120 valence electrons. The summed E-state index contributed by atoms with van der Waals surface area (Å²) >= 11 is 0. The number of nitrogens with zero attached hydrogens (tertiary/aromatic N) is 1. The summed E-state index contributed by atoms with van der Waals surface area (Å²) in [4.78, 5) is 23.2. The quantitative estimate of drug-likeness (QED) is 0.757. The zero-order valence-electron chi connectivity index (χ0n) is 14.4. The van der Waals surface area contributed by atoms with E-state index in [1.807, 2.05) is 41.5 Å². The molecule has 21 heavy (non-hydrogen) atoms. The molecule has 0 aliphatic rings. The van der Waals surface area contributed by atoms with Crippen LogP contribution in [0.2, 0.25) is 0 Å². The van der Waals surface area contributed by atoms with Crippen molar-refractivity contribution < 1.29 is 9.59 Å². The second kappa shape index (κ2) is 6.93. The summed E-state index contributed by atoms with van der Waals surface area (Å²) in [5.41, 5.74) is -1.31. The molecule has 0 bridgehead atoms. The van der Waals surface area contributed by atoms with E-state index in [1.54, 1.807) is 0 Å². The first-order chi connectivity index (χ1) is 9.29. The Morgan fingerprint density at radius 2 is 1.48 bits per heavy atom. The summed E-state index contributed by atoms with van der Waals surface area (Å²) in [6.45, 7) is 12.9. The van der Waals surface area contributed by atoms with E-state index in [1.165, 1.54) is 6.92 Å². The number of nitriles is 1. The Labute approximate surface area is 128 Å². The van der Waals surface area contributed by atoms with Gasteiger partial charge >= 0.3 is 0 Å². The molecule has 0 aromatic heterocycles. The average molecular weight is 295 g/mol. The molecule has 2 N–H and O–H groups in total. The molecule has 5 heteroatoms. The van der Waals surface area contributed by atoms with Gasteiger partial charge in [0.05, 0.1) is 11.5 Å². The topological polar surface area (TPSA) is 82.0 Å². The van der Waals surface area contributed by atoms with E-state index in [-0.39, 0.29) is 11.8 Å². The van der Waals surface area contributed by atoms with Gasteiger partial charge in [0.1, 0.15) is 0 Å². The van der Waals surface area contributed by atoms with Crippen LogP contribution in [0.1, 0.15) is 67.7 Å². The highest BCUT2D eigenvalue weighted by Gasteiger charge is 2.31. The first-order valence-corrected chi connectivity index (χ1v) is 7.30. The van der Waals surface area contributed by atoms with Crippen molar-refractivity contribution in [3.8, 4) is 6.07 Å². The third-order valence-corrected chi connectivity index (χ3v) is 3.16. The molecule has 0 aliphatic carbocycles. The molecular formula is C16H29N3O2. The van der Waals surface area contributed by atoms with Crippen LogP contribution in [0, 0.1) is 16.7 Å². The number of carbonyl (C=O) groups is 2. The van der Waals surface area contributed by atoms with Crippen LogP contribution >= 0.6 is 0 Å². The standard InChI is InChI=1S/C16H29N3O2/c1-12(20)18-15(4,5)10-16(6,7)19-13(21)8-9-14(2,3)11-17/h8-10H2,1-7H3,(H,18,20)(H,19,21). The lowest BCUT2D eigenvalue weighted by molar-refractivity contribution is -0.123. The van der Waals surface area contributed by atoms with Crippen molar-refractivity contribution in [3.05, 3.63) is 0 Å². The monoisotopic (exact) mass is 295 g/mol. The summed E-state index contributed by atoms with van der Waals surface area (Å²) in [5, 5.41) is 14.8. The van der Waals surface area contributed by atoms with Crippen LogP contribution in [0.25, 0.3) is 0 Å². The molecular weight excluding hydrogens is 266 g/mol. The number of hydrogen-bond acceptors (Lipinski definition) is 3. The highest BCUT2D eigenvalue weighted by Crippen LogP contribution is 2.23. The minimum absolute atomic E-state index is 0.0676. The second-order valence-corrected chi connectivity index (χ2v) is 7.67. The number of carbonyl (C=O) groups excluding carboxylic acids is 2. The first kappa shape index (κ1) is 19.4. The number of hydrogen-bond donors (Lipinski definition) is 2. The molecule has 0 unspecified atom stereocenters. The Bertz CT molecular complexity index is 431. The van der Waals surface area contributed by atoms with Gasteiger partial charge in [0.15, 0.2) is 0 Å². The zero-order valence-corrected chi connectivity index (χ0v) is 14.4. The van der Waals surface area contributed by atoms with Gasteiger partial charge in [-0.2, -0.15) is 5.26 Å². The molecule has 0 fully saturated rings. The molecule has 0 saturated heterocycles. The van der Waals surface area contributed by atoms with Gasteiger partial charge in [-0.1, -0.05) is 0 Å². The minimum atomic E-state index is -0.489. The lowest BCUT2D eigenvalue weighted by atomic mass is 9.86. The van der Waals surface area contributed by atoms with Crippen LogP contribution in [0.4, 0.5) is 0 Å². The normalized spacial score (nSPS) is 12.5. The molecule has 0 aromatic rings. The van der Waals surface area contributed by atoms with E-state index >= 15 is 0 Å². The number of amides is 2. The lowest BCUT2D eigenvalue weighted by Crippen LogP contribution is -2.53. The van der Waals surface area contributed by atoms with Gasteiger partial charge in [-0.15, -0.1) is 0 Å².